The molecule has 2 aliphatic rings. The van der Waals surface area contributed by atoms with Crippen LogP contribution in [0.4, 0.5) is 10.5 Å². The van der Waals surface area contributed by atoms with Crippen molar-refractivity contribution < 1.29 is 18.4 Å². The van der Waals surface area contributed by atoms with E-state index in [0.717, 1.165) is 29.8 Å². The van der Waals surface area contributed by atoms with Gasteiger partial charge in [-0.15, -0.1) is 0 Å². The quantitative estimate of drug-likeness (QED) is 0.753. The fourth-order valence-corrected chi connectivity index (χ4v) is 3.40. The molecule has 1 aliphatic heterocycles. The number of hydrogen-bond acceptors (Lipinski definition) is 5. The first-order valence-corrected chi connectivity index (χ1v) is 9.46. The second-order valence-electron chi connectivity index (χ2n) is 7.20. The number of nitrogens with one attached hydrogen (secondary N) is 1. The van der Waals surface area contributed by atoms with Gasteiger partial charge in [-0.2, -0.15) is 0 Å². The Balaban J connectivity index is 1.20. The summed E-state index contributed by atoms with van der Waals surface area (Å²) in [6.07, 6.45) is 3.74. The number of rotatable bonds is 3. The number of anilines is 1. The van der Waals surface area contributed by atoms with Gasteiger partial charge in [-0.25, -0.2) is 9.78 Å². The van der Waals surface area contributed by atoms with Gasteiger partial charge < -0.3 is 24.0 Å². The largest absolute Gasteiger partial charge is 0.459 e. The molecule has 3 heterocycles. The summed E-state index contributed by atoms with van der Waals surface area (Å²) >= 11 is 0. The van der Waals surface area contributed by atoms with Crippen molar-refractivity contribution in [3.8, 4) is 0 Å². The van der Waals surface area contributed by atoms with Crippen LogP contribution in [0.25, 0.3) is 11.1 Å². The minimum absolute atomic E-state index is 0.145. The summed E-state index contributed by atoms with van der Waals surface area (Å²) in [6, 6.07) is 8.64. The van der Waals surface area contributed by atoms with E-state index in [1.54, 1.807) is 21.9 Å². The van der Waals surface area contributed by atoms with Crippen LogP contribution in [-0.2, 0) is 0 Å². The number of nitrogens with zero attached hydrogens (tertiary/aromatic N) is 3. The Kier molecular flexibility index (Phi) is 4.03. The number of oxazole rings is 1. The maximum Gasteiger partial charge on any atom is 0.321 e. The molecule has 1 aliphatic carbocycles. The van der Waals surface area contributed by atoms with Gasteiger partial charge in [-0.3, -0.25) is 4.79 Å². The van der Waals surface area contributed by atoms with Crippen LogP contribution >= 0.6 is 0 Å². The highest BCUT2D eigenvalue weighted by molar-refractivity contribution is 5.93. The van der Waals surface area contributed by atoms with Gasteiger partial charge >= 0.3 is 6.03 Å². The average molecular weight is 380 g/mol. The Morgan fingerprint density at radius 1 is 1.07 bits per heavy atom. The number of fused-ring (bicyclic) bond motifs is 1. The number of piperazine rings is 1. The van der Waals surface area contributed by atoms with Gasteiger partial charge in [0.25, 0.3) is 5.91 Å². The SMILES string of the molecule is O=C(Nc1ccc2oc(C3CC3)nc2c1)N1CCN(C(=O)c2ccco2)CC1. The number of furan rings is 1. The van der Waals surface area contributed by atoms with Crippen molar-refractivity contribution in [2.45, 2.75) is 18.8 Å². The zero-order valence-corrected chi connectivity index (χ0v) is 15.3. The molecule has 1 saturated heterocycles. The third kappa shape index (κ3) is 3.21. The number of hydrogen-bond donors (Lipinski definition) is 1. The number of urea groups is 1. The third-order valence-electron chi connectivity index (χ3n) is 5.17. The van der Waals surface area contributed by atoms with Gasteiger partial charge in [0.05, 0.1) is 6.26 Å². The molecule has 2 fully saturated rings. The minimum atomic E-state index is -0.185. The number of benzene rings is 1. The molecule has 0 spiro atoms. The lowest BCUT2D eigenvalue weighted by atomic mass is 10.2. The van der Waals surface area contributed by atoms with Crippen molar-refractivity contribution in [2.24, 2.45) is 0 Å². The van der Waals surface area contributed by atoms with Crippen molar-refractivity contribution in [3.63, 3.8) is 0 Å². The van der Waals surface area contributed by atoms with Crippen molar-refractivity contribution >= 4 is 28.7 Å². The second-order valence-corrected chi connectivity index (χ2v) is 7.20. The zero-order valence-electron chi connectivity index (χ0n) is 15.3. The monoisotopic (exact) mass is 380 g/mol. The zero-order chi connectivity index (χ0) is 19.1. The first-order valence-electron chi connectivity index (χ1n) is 9.46. The molecule has 5 rings (SSSR count). The lowest BCUT2D eigenvalue weighted by Crippen LogP contribution is -2.51. The van der Waals surface area contributed by atoms with Gasteiger partial charge in [0.15, 0.2) is 17.2 Å². The van der Waals surface area contributed by atoms with Crippen LogP contribution < -0.4 is 5.32 Å². The Morgan fingerprint density at radius 3 is 2.57 bits per heavy atom. The Bertz CT molecular complexity index is 1010. The summed E-state index contributed by atoms with van der Waals surface area (Å²) in [6.45, 7) is 1.88. The smallest absolute Gasteiger partial charge is 0.321 e. The second kappa shape index (κ2) is 6.70. The maximum absolute atomic E-state index is 12.6. The molecule has 3 aromatic rings. The highest BCUT2D eigenvalue weighted by atomic mass is 16.3. The molecule has 8 heteroatoms. The van der Waals surface area contributed by atoms with Crippen molar-refractivity contribution in [1.82, 2.24) is 14.8 Å². The van der Waals surface area contributed by atoms with Crippen molar-refractivity contribution in [1.29, 1.82) is 0 Å². The summed E-state index contributed by atoms with van der Waals surface area (Å²) < 4.78 is 10.9. The normalized spacial score (nSPS) is 17.1. The molecule has 144 valence electrons. The summed E-state index contributed by atoms with van der Waals surface area (Å²) in [7, 11) is 0. The Hall–Kier alpha value is -3.29. The number of amides is 3. The molecule has 0 atom stereocenters. The number of carbonyl (C=O) groups is 2. The lowest BCUT2D eigenvalue weighted by Gasteiger charge is -2.34. The Labute approximate surface area is 161 Å². The fourth-order valence-electron chi connectivity index (χ4n) is 3.40. The van der Waals surface area contributed by atoms with Crippen LogP contribution in [0.1, 0.15) is 35.2 Å². The van der Waals surface area contributed by atoms with E-state index in [-0.39, 0.29) is 11.9 Å². The number of aromatic nitrogens is 1. The standard InChI is InChI=1S/C20H20N4O4/c25-19(17-2-1-11-27-17)23-7-9-24(10-8-23)20(26)21-14-5-6-16-15(12-14)22-18(28-16)13-3-4-13/h1-2,5-6,11-13H,3-4,7-10H2,(H,21,26). The first kappa shape index (κ1) is 16.9. The van der Waals surface area contributed by atoms with Gasteiger partial charge in [-0.1, -0.05) is 0 Å². The summed E-state index contributed by atoms with van der Waals surface area (Å²) in [5.74, 6) is 1.42. The molecular weight excluding hydrogens is 360 g/mol. The van der Waals surface area contributed by atoms with Crippen molar-refractivity contribution in [3.05, 3.63) is 48.2 Å². The van der Waals surface area contributed by atoms with Crippen LogP contribution in [0.2, 0.25) is 0 Å². The predicted molar refractivity (Wildman–Crippen MR) is 101 cm³/mol. The van der Waals surface area contributed by atoms with Gasteiger partial charge in [-0.05, 0) is 43.2 Å². The Morgan fingerprint density at radius 2 is 1.86 bits per heavy atom. The molecular formula is C20H20N4O4. The molecule has 28 heavy (non-hydrogen) atoms. The molecule has 0 radical (unpaired) electrons. The van der Waals surface area contributed by atoms with Crippen LogP contribution in [0.3, 0.4) is 0 Å². The van der Waals surface area contributed by atoms with Crippen molar-refractivity contribution in [2.75, 3.05) is 31.5 Å². The van der Waals surface area contributed by atoms with E-state index in [0.29, 0.717) is 43.5 Å². The van der Waals surface area contributed by atoms with E-state index in [9.17, 15) is 9.59 Å². The molecule has 8 nitrogen and oxygen atoms in total. The van der Waals surface area contributed by atoms with Gasteiger partial charge in [0.1, 0.15) is 5.52 Å². The third-order valence-corrected chi connectivity index (χ3v) is 5.17. The highest BCUT2D eigenvalue weighted by Crippen LogP contribution is 2.40. The lowest BCUT2D eigenvalue weighted by molar-refractivity contribution is 0.0640. The van der Waals surface area contributed by atoms with Crippen LogP contribution in [0.5, 0.6) is 0 Å². The van der Waals surface area contributed by atoms with E-state index in [4.69, 9.17) is 8.83 Å². The van der Waals surface area contributed by atoms with E-state index in [1.165, 1.54) is 6.26 Å². The topological polar surface area (TPSA) is 91.8 Å². The van der Waals surface area contributed by atoms with E-state index < -0.39 is 0 Å². The predicted octanol–water partition coefficient (Wildman–Crippen LogP) is 3.29. The molecule has 1 saturated carbocycles. The first-order chi connectivity index (χ1) is 13.7. The fraction of sp³-hybridized carbons (Fsp3) is 0.350. The summed E-state index contributed by atoms with van der Waals surface area (Å²) in [5, 5.41) is 2.91. The molecule has 3 amide bonds. The summed E-state index contributed by atoms with van der Waals surface area (Å²) in [4.78, 5) is 32.8. The highest BCUT2D eigenvalue weighted by Gasteiger charge is 2.29. The minimum Gasteiger partial charge on any atom is -0.459 e. The average Bonchev–Trinajstić information content (AvgIpc) is 3.25. The van der Waals surface area contributed by atoms with E-state index >= 15 is 0 Å². The van der Waals surface area contributed by atoms with E-state index in [1.807, 2.05) is 18.2 Å². The maximum atomic E-state index is 12.6. The molecule has 1 N–H and O–H groups in total. The van der Waals surface area contributed by atoms with Crippen LogP contribution in [-0.4, -0.2) is 52.9 Å². The number of carbonyl (C=O) groups excluding carboxylic acids is 2. The van der Waals surface area contributed by atoms with Gasteiger partial charge in [0, 0.05) is 37.8 Å². The molecule has 1 aromatic carbocycles. The van der Waals surface area contributed by atoms with Crippen LogP contribution in [0.15, 0.2) is 45.4 Å². The summed E-state index contributed by atoms with van der Waals surface area (Å²) in [5.41, 5.74) is 2.18. The van der Waals surface area contributed by atoms with Crippen LogP contribution in [0, 0.1) is 0 Å². The molecule has 0 bridgehead atoms. The molecule has 2 aromatic heterocycles. The van der Waals surface area contributed by atoms with Gasteiger partial charge in [0.2, 0.25) is 0 Å². The molecule has 0 unspecified atom stereocenters. The van der Waals surface area contributed by atoms with E-state index in [2.05, 4.69) is 10.3 Å².